The van der Waals surface area contributed by atoms with Gasteiger partial charge in [-0.2, -0.15) is 0 Å². The van der Waals surface area contributed by atoms with Crippen molar-refractivity contribution in [3.8, 4) is 0 Å². The van der Waals surface area contributed by atoms with Gasteiger partial charge in [0.15, 0.2) is 0 Å². The van der Waals surface area contributed by atoms with Crippen LogP contribution in [0.1, 0.15) is 23.8 Å². The molecule has 0 aliphatic carbocycles. The van der Waals surface area contributed by atoms with Gasteiger partial charge in [0.1, 0.15) is 5.82 Å². The molecule has 0 spiro atoms. The lowest BCUT2D eigenvalue weighted by Gasteiger charge is -2.31. The molecule has 0 saturated carbocycles. The predicted octanol–water partition coefficient (Wildman–Crippen LogP) is 4.85. The number of carbonyl (C=O) groups is 1. The Morgan fingerprint density at radius 3 is 2.84 bits per heavy atom. The summed E-state index contributed by atoms with van der Waals surface area (Å²) < 4.78 is 14.9. The molecule has 2 amide bonds. The van der Waals surface area contributed by atoms with Gasteiger partial charge in [0.25, 0.3) is 0 Å². The third-order valence-corrected chi connectivity index (χ3v) is 5.68. The number of carbonyl (C=O) groups excluding carboxylic acids is 1. The highest BCUT2D eigenvalue weighted by Crippen LogP contribution is 2.33. The summed E-state index contributed by atoms with van der Waals surface area (Å²) >= 11 is 1.69. The molecule has 128 valence electrons. The Morgan fingerprint density at radius 1 is 1.20 bits per heavy atom. The second-order valence-corrected chi connectivity index (χ2v) is 7.28. The Labute approximate surface area is 149 Å². The quantitative estimate of drug-likeness (QED) is 0.714. The van der Waals surface area contributed by atoms with Crippen LogP contribution in [0.4, 0.5) is 14.9 Å². The van der Waals surface area contributed by atoms with Crippen LogP contribution in [0.25, 0.3) is 10.2 Å². The molecular weight excluding hydrogens is 337 g/mol. The van der Waals surface area contributed by atoms with Gasteiger partial charge in [-0.05, 0) is 37.1 Å². The number of nitrogens with zero attached hydrogens (tertiary/aromatic N) is 2. The molecule has 1 saturated heterocycles. The van der Waals surface area contributed by atoms with Gasteiger partial charge in [0, 0.05) is 19.0 Å². The van der Waals surface area contributed by atoms with E-state index < -0.39 is 5.82 Å². The summed E-state index contributed by atoms with van der Waals surface area (Å²) in [6.45, 7) is 1.29. The average Bonchev–Trinajstić information content (AvgIpc) is 3.08. The molecule has 0 unspecified atom stereocenters. The summed E-state index contributed by atoms with van der Waals surface area (Å²) in [7, 11) is 0. The molecule has 0 radical (unpaired) electrons. The van der Waals surface area contributed by atoms with Gasteiger partial charge in [0.2, 0.25) is 0 Å². The standard InChI is InChI=1S/C19H18FN3OS/c20-14-7-1-2-8-15(14)22-19(24)23-11-5-6-13(12-23)18-21-16-9-3-4-10-17(16)25-18/h1-4,7-10,13H,5-6,11-12H2,(H,22,24)/t13-/m0/s1. The molecule has 6 heteroatoms. The van der Waals surface area contributed by atoms with E-state index in [1.807, 2.05) is 18.2 Å². The minimum absolute atomic E-state index is 0.217. The highest BCUT2D eigenvalue weighted by atomic mass is 32.1. The molecule has 1 fully saturated rings. The largest absolute Gasteiger partial charge is 0.324 e. The van der Waals surface area contributed by atoms with Crippen molar-refractivity contribution in [1.29, 1.82) is 0 Å². The fourth-order valence-corrected chi connectivity index (χ4v) is 4.28. The first kappa shape index (κ1) is 16.0. The van der Waals surface area contributed by atoms with Crippen LogP contribution in [0.5, 0.6) is 0 Å². The zero-order valence-electron chi connectivity index (χ0n) is 13.6. The molecular formula is C19H18FN3OS. The van der Waals surface area contributed by atoms with E-state index in [1.165, 1.54) is 10.8 Å². The Hall–Kier alpha value is -2.47. The molecule has 2 aromatic carbocycles. The fourth-order valence-electron chi connectivity index (χ4n) is 3.18. The van der Waals surface area contributed by atoms with Gasteiger partial charge in [-0.25, -0.2) is 14.2 Å². The predicted molar refractivity (Wildman–Crippen MR) is 98.6 cm³/mol. The second-order valence-electron chi connectivity index (χ2n) is 6.21. The smallest absolute Gasteiger partial charge is 0.321 e. The minimum Gasteiger partial charge on any atom is -0.324 e. The number of rotatable bonds is 2. The van der Waals surface area contributed by atoms with Crippen LogP contribution in [0.15, 0.2) is 48.5 Å². The lowest BCUT2D eigenvalue weighted by atomic mass is 9.99. The summed E-state index contributed by atoms with van der Waals surface area (Å²) in [5.74, 6) is -0.187. The number of fused-ring (bicyclic) bond motifs is 1. The maximum absolute atomic E-state index is 13.7. The van der Waals surface area contributed by atoms with Crippen LogP contribution in [0, 0.1) is 5.82 Å². The van der Waals surface area contributed by atoms with Crippen molar-refractivity contribution >= 4 is 33.3 Å². The number of amides is 2. The van der Waals surface area contributed by atoms with Gasteiger partial charge >= 0.3 is 6.03 Å². The first-order valence-corrected chi connectivity index (χ1v) is 9.18. The highest BCUT2D eigenvalue weighted by Gasteiger charge is 2.27. The fraction of sp³-hybridized carbons (Fsp3) is 0.263. The Bertz CT molecular complexity index is 877. The number of hydrogen-bond donors (Lipinski definition) is 1. The monoisotopic (exact) mass is 355 g/mol. The molecule has 4 nitrogen and oxygen atoms in total. The van der Waals surface area contributed by atoms with Gasteiger partial charge in [-0.1, -0.05) is 24.3 Å². The molecule has 1 aliphatic rings. The number of benzene rings is 2. The van der Waals surface area contributed by atoms with E-state index in [2.05, 4.69) is 11.4 Å². The number of urea groups is 1. The highest BCUT2D eigenvalue weighted by molar-refractivity contribution is 7.18. The third-order valence-electron chi connectivity index (χ3n) is 4.48. The van der Waals surface area contributed by atoms with Crippen LogP contribution in [-0.4, -0.2) is 29.0 Å². The number of aromatic nitrogens is 1. The number of hydrogen-bond acceptors (Lipinski definition) is 3. The van der Waals surface area contributed by atoms with Crippen molar-refractivity contribution in [3.63, 3.8) is 0 Å². The lowest BCUT2D eigenvalue weighted by molar-refractivity contribution is 0.192. The van der Waals surface area contributed by atoms with Crippen LogP contribution in [0.3, 0.4) is 0 Å². The van der Waals surface area contributed by atoms with E-state index in [4.69, 9.17) is 4.98 Å². The molecule has 25 heavy (non-hydrogen) atoms. The topological polar surface area (TPSA) is 45.2 Å². The first-order chi connectivity index (χ1) is 12.2. The number of likely N-dealkylation sites (tertiary alicyclic amines) is 1. The number of halogens is 1. The van der Waals surface area contributed by atoms with Gasteiger partial charge in [-0.3, -0.25) is 0 Å². The summed E-state index contributed by atoms with van der Waals surface area (Å²) in [5.41, 5.74) is 1.23. The Balaban J connectivity index is 1.48. The van der Waals surface area contributed by atoms with Gasteiger partial charge in [-0.15, -0.1) is 11.3 Å². The van der Waals surface area contributed by atoms with Crippen molar-refractivity contribution in [2.75, 3.05) is 18.4 Å². The first-order valence-electron chi connectivity index (χ1n) is 8.36. The van der Waals surface area contributed by atoms with E-state index in [-0.39, 0.29) is 17.6 Å². The molecule has 0 bridgehead atoms. The van der Waals surface area contributed by atoms with Crippen LogP contribution in [-0.2, 0) is 0 Å². The lowest BCUT2D eigenvalue weighted by Crippen LogP contribution is -2.41. The molecule has 1 aromatic heterocycles. The minimum atomic E-state index is -0.421. The summed E-state index contributed by atoms with van der Waals surface area (Å²) in [6.07, 6.45) is 1.94. The van der Waals surface area contributed by atoms with Crippen molar-refractivity contribution in [3.05, 3.63) is 59.4 Å². The molecule has 3 aromatic rings. The SMILES string of the molecule is O=C(Nc1ccccc1F)N1CCC[C@H](c2nc3ccccc3s2)C1. The summed E-state index contributed by atoms with van der Waals surface area (Å²) in [6, 6.07) is 14.1. The van der Waals surface area contributed by atoms with E-state index in [0.29, 0.717) is 13.1 Å². The molecule has 1 atom stereocenters. The van der Waals surface area contributed by atoms with Crippen LogP contribution in [0.2, 0.25) is 0 Å². The summed E-state index contributed by atoms with van der Waals surface area (Å²) in [5, 5.41) is 3.75. The van der Waals surface area contributed by atoms with Crippen LogP contribution >= 0.6 is 11.3 Å². The van der Waals surface area contributed by atoms with Crippen molar-refractivity contribution in [1.82, 2.24) is 9.88 Å². The second kappa shape index (κ2) is 6.80. The normalized spacial score (nSPS) is 17.6. The van der Waals surface area contributed by atoms with E-state index in [0.717, 1.165) is 23.4 Å². The molecule has 1 aliphatic heterocycles. The number of nitrogens with one attached hydrogen (secondary N) is 1. The third kappa shape index (κ3) is 3.35. The Morgan fingerprint density at radius 2 is 2.00 bits per heavy atom. The Kier molecular flexibility index (Phi) is 4.36. The van der Waals surface area contributed by atoms with Crippen molar-refractivity contribution in [2.45, 2.75) is 18.8 Å². The van der Waals surface area contributed by atoms with E-state index >= 15 is 0 Å². The number of piperidine rings is 1. The number of para-hydroxylation sites is 2. The zero-order chi connectivity index (χ0) is 17.2. The zero-order valence-corrected chi connectivity index (χ0v) is 14.4. The van der Waals surface area contributed by atoms with Gasteiger partial charge in [0.05, 0.1) is 20.9 Å². The molecule has 4 rings (SSSR count). The average molecular weight is 355 g/mol. The molecule has 2 heterocycles. The van der Waals surface area contributed by atoms with E-state index in [1.54, 1.807) is 34.4 Å². The maximum Gasteiger partial charge on any atom is 0.321 e. The van der Waals surface area contributed by atoms with E-state index in [9.17, 15) is 9.18 Å². The van der Waals surface area contributed by atoms with Crippen molar-refractivity contribution in [2.24, 2.45) is 0 Å². The number of anilines is 1. The van der Waals surface area contributed by atoms with Gasteiger partial charge < -0.3 is 10.2 Å². The molecule has 1 N–H and O–H groups in total. The number of thiazole rings is 1. The maximum atomic E-state index is 13.7. The summed E-state index contributed by atoms with van der Waals surface area (Å²) in [4.78, 5) is 19.0. The van der Waals surface area contributed by atoms with Crippen LogP contribution < -0.4 is 5.32 Å². The van der Waals surface area contributed by atoms with Crippen molar-refractivity contribution < 1.29 is 9.18 Å².